The van der Waals surface area contributed by atoms with Crippen molar-refractivity contribution in [3.8, 4) is 0 Å². The molecule has 0 heterocycles. The van der Waals surface area contributed by atoms with Crippen LogP contribution >= 0.6 is 0 Å². The average Bonchev–Trinajstić information content (AvgIpc) is 2.80. The maximum atomic E-state index is 2.93. The van der Waals surface area contributed by atoms with Crippen molar-refractivity contribution in [3.63, 3.8) is 0 Å². The molecule has 1 rings (SSSR count). The van der Waals surface area contributed by atoms with E-state index in [9.17, 15) is 0 Å². The topological polar surface area (TPSA) is 3.24 Å². The number of nitrogens with zero attached hydrogens (tertiary/aromatic N) is 1. The van der Waals surface area contributed by atoms with Crippen LogP contribution in [0.1, 0.15) is 174 Å². The summed E-state index contributed by atoms with van der Waals surface area (Å²) in [6.07, 6.45) is 36.6. The van der Waals surface area contributed by atoms with Crippen LogP contribution in [0.3, 0.4) is 0 Å². The number of hydrogen-bond acceptors (Lipinski definition) is 1. The fourth-order valence-corrected chi connectivity index (χ4v) is 5.53. The van der Waals surface area contributed by atoms with Crippen molar-refractivity contribution in [1.82, 2.24) is 4.90 Å². The summed E-state index contributed by atoms with van der Waals surface area (Å²) < 4.78 is 0. The highest BCUT2D eigenvalue weighted by atomic mass is 15.1. The molecule has 1 aliphatic carbocycles. The molecular weight excluding hydrogens is 374 g/mol. The second-order valence-electron chi connectivity index (χ2n) is 10.7. The third-order valence-corrected chi connectivity index (χ3v) is 7.69. The summed E-state index contributed by atoms with van der Waals surface area (Å²) in [4.78, 5) is 2.93. The monoisotopic (exact) mass is 435 g/mol. The first-order chi connectivity index (χ1) is 15.4. The zero-order chi connectivity index (χ0) is 22.2. The minimum absolute atomic E-state index is 0.922. The zero-order valence-electron chi connectivity index (χ0n) is 22.1. The highest BCUT2D eigenvalue weighted by Gasteiger charge is 2.20. The SMILES string of the molecule is CCCCCCCCCCCCN(CCCCCCCCCCCC)C1CCCCC1. The molecule has 0 aromatic heterocycles. The van der Waals surface area contributed by atoms with E-state index in [0.717, 1.165) is 6.04 Å². The van der Waals surface area contributed by atoms with Crippen LogP contribution in [0.25, 0.3) is 0 Å². The Kier molecular flexibility index (Phi) is 21.6. The largest absolute Gasteiger partial charge is 0.300 e. The Balaban J connectivity index is 2.05. The van der Waals surface area contributed by atoms with Gasteiger partial charge in [0.2, 0.25) is 0 Å². The van der Waals surface area contributed by atoms with Gasteiger partial charge in [0.25, 0.3) is 0 Å². The molecule has 1 saturated carbocycles. The molecule has 0 amide bonds. The quantitative estimate of drug-likeness (QED) is 0.144. The summed E-state index contributed by atoms with van der Waals surface area (Å²) in [5.41, 5.74) is 0. The fraction of sp³-hybridized carbons (Fsp3) is 1.00. The first-order valence-corrected chi connectivity index (χ1v) is 15.1. The minimum Gasteiger partial charge on any atom is -0.300 e. The van der Waals surface area contributed by atoms with Gasteiger partial charge in [0, 0.05) is 6.04 Å². The summed E-state index contributed by atoms with van der Waals surface area (Å²) in [6.45, 7) is 7.40. The number of rotatable bonds is 23. The van der Waals surface area contributed by atoms with Gasteiger partial charge in [0.15, 0.2) is 0 Å². The molecule has 0 N–H and O–H groups in total. The van der Waals surface area contributed by atoms with Crippen LogP contribution in [-0.4, -0.2) is 24.0 Å². The Labute approximate surface area is 198 Å². The Hall–Kier alpha value is -0.0400. The van der Waals surface area contributed by atoms with Crippen LogP contribution in [0.4, 0.5) is 0 Å². The molecule has 0 atom stereocenters. The van der Waals surface area contributed by atoms with E-state index < -0.39 is 0 Å². The molecule has 0 radical (unpaired) electrons. The minimum atomic E-state index is 0.922. The summed E-state index contributed by atoms with van der Waals surface area (Å²) in [6, 6.07) is 0.922. The molecule has 0 aromatic carbocycles. The maximum absolute atomic E-state index is 2.93. The molecule has 0 spiro atoms. The van der Waals surface area contributed by atoms with Crippen LogP contribution in [0.15, 0.2) is 0 Å². The Morgan fingerprint density at radius 3 is 1.10 bits per heavy atom. The van der Waals surface area contributed by atoms with Crippen molar-refractivity contribution in [3.05, 3.63) is 0 Å². The molecule has 1 aliphatic rings. The van der Waals surface area contributed by atoms with Gasteiger partial charge in [-0.1, -0.05) is 149 Å². The van der Waals surface area contributed by atoms with E-state index in [1.165, 1.54) is 174 Å². The van der Waals surface area contributed by atoms with Gasteiger partial charge in [0.05, 0.1) is 0 Å². The molecule has 186 valence electrons. The van der Waals surface area contributed by atoms with Crippen molar-refractivity contribution >= 4 is 0 Å². The van der Waals surface area contributed by atoms with Gasteiger partial charge in [0.1, 0.15) is 0 Å². The van der Waals surface area contributed by atoms with Gasteiger partial charge in [-0.2, -0.15) is 0 Å². The Morgan fingerprint density at radius 2 is 0.742 bits per heavy atom. The van der Waals surface area contributed by atoms with Crippen LogP contribution in [0.2, 0.25) is 0 Å². The first-order valence-electron chi connectivity index (χ1n) is 15.1. The van der Waals surface area contributed by atoms with Crippen LogP contribution in [0, 0.1) is 0 Å². The van der Waals surface area contributed by atoms with Crippen molar-refractivity contribution in [2.75, 3.05) is 13.1 Å². The van der Waals surface area contributed by atoms with Crippen molar-refractivity contribution in [2.45, 2.75) is 180 Å². The maximum Gasteiger partial charge on any atom is 0.00952 e. The first kappa shape index (κ1) is 29.0. The predicted octanol–water partition coefficient (Wildman–Crippen LogP) is 10.5. The van der Waals surface area contributed by atoms with E-state index in [-0.39, 0.29) is 0 Å². The zero-order valence-corrected chi connectivity index (χ0v) is 22.1. The molecular formula is C30H61N. The van der Waals surface area contributed by atoms with Gasteiger partial charge in [-0.15, -0.1) is 0 Å². The second-order valence-corrected chi connectivity index (χ2v) is 10.7. The summed E-state index contributed by atoms with van der Waals surface area (Å²) in [5, 5.41) is 0. The highest BCUT2D eigenvalue weighted by Crippen LogP contribution is 2.24. The second kappa shape index (κ2) is 23.1. The van der Waals surface area contributed by atoms with Gasteiger partial charge in [-0.05, 0) is 38.8 Å². The standard InChI is InChI=1S/C30H61N/c1-3-5-7-9-11-13-15-17-19-24-28-31(30-26-22-21-23-27-30)29-25-20-18-16-14-12-10-8-6-4-2/h30H,3-29H2,1-2H3. The molecule has 31 heavy (non-hydrogen) atoms. The summed E-state index contributed by atoms with van der Waals surface area (Å²) in [7, 11) is 0. The molecule has 0 aromatic rings. The average molecular weight is 436 g/mol. The lowest BCUT2D eigenvalue weighted by Crippen LogP contribution is -2.38. The Morgan fingerprint density at radius 1 is 0.419 bits per heavy atom. The van der Waals surface area contributed by atoms with Gasteiger partial charge in [-0.25, -0.2) is 0 Å². The van der Waals surface area contributed by atoms with Crippen LogP contribution in [0.5, 0.6) is 0 Å². The summed E-state index contributed by atoms with van der Waals surface area (Å²) in [5.74, 6) is 0. The van der Waals surface area contributed by atoms with Crippen molar-refractivity contribution < 1.29 is 0 Å². The van der Waals surface area contributed by atoms with Gasteiger partial charge < -0.3 is 4.90 Å². The predicted molar refractivity (Wildman–Crippen MR) is 142 cm³/mol. The number of hydrogen-bond donors (Lipinski definition) is 0. The van der Waals surface area contributed by atoms with E-state index in [0.29, 0.717) is 0 Å². The van der Waals surface area contributed by atoms with E-state index in [1.807, 2.05) is 0 Å². The lowest BCUT2D eigenvalue weighted by molar-refractivity contribution is 0.150. The van der Waals surface area contributed by atoms with Crippen molar-refractivity contribution in [2.24, 2.45) is 0 Å². The summed E-state index contributed by atoms with van der Waals surface area (Å²) >= 11 is 0. The van der Waals surface area contributed by atoms with Crippen molar-refractivity contribution in [1.29, 1.82) is 0 Å². The van der Waals surface area contributed by atoms with E-state index in [1.54, 1.807) is 0 Å². The Bertz CT molecular complexity index is 309. The molecule has 0 aliphatic heterocycles. The molecule has 0 bridgehead atoms. The van der Waals surface area contributed by atoms with E-state index in [2.05, 4.69) is 18.7 Å². The lowest BCUT2D eigenvalue weighted by atomic mass is 9.93. The fourth-order valence-electron chi connectivity index (χ4n) is 5.53. The van der Waals surface area contributed by atoms with Gasteiger partial charge in [-0.3, -0.25) is 0 Å². The van der Waals surface area contributed by atoms with Crippen LogP contribution in [-0.2, 0) is 0 Å². The molecule has 0 saturated heterocycles. The molecule has 1 heteroatoms. The lowest BCUT2D eigenvalue weighted by Gasteiger charge is -2.34. The molecule has 1 nitrogen and oxygen atoms in total. The van der Waals surface area contributed by atoms with E-state index in [4.69, 9.17) is 0 Å². The van der Waals surface area contributed by atoms with Crippen LogP contribution < -0.4 is 0 Å². The molecule has 1 fully saturated rings. The van der Waals surface area contributed by atoms with E-state index >= 15 is 0 Å². The third kappa shape index (κ3) is 18.1. The smallest absolute Gasteiger partial charge is 0.00952 e. The normalized spacial score (nSPS) is 15.2. The van der Waals surface area contributed by atoms with Gasteiger partial charge >= 0.3 is 0 Å². The molecule has 0 unspecified atom stereocenters. The highest BCUT2D eigenvalue weighted by molar-refractivity contribution is 4.76. The third-order valence-electron chi connectivity index (χ3n) is 7.69. The number of unbranched alkanes of at least 4 members (excludes halogenated alkanes) is 18.